The number of hydrogen-bond donors (Lipinski definition) is 3. The van der Waals surface area contributed by atoms with Crippen LogP contribution in [-0.4, -0.2) is 48.4 Å². The molecular weight excluding hydrogens is 474 g/mol. The molecule has 4 N–H and O–H groups in total. The number of nitrogens with one attached hydrogen (secondary N) is 1. The second kappa shape index (κ2) is 13.0. The van der Waals surface area contributed by atoms with E-state index in [1.807, 2.05) is 36.4 Å². The Morgan fingerprint density at radius 3 is 2.41 bits per heavy atom. The summed E-state index contributed by atoms with van der Waals surface area (Å²) >= 11 is 12.2. The molecule has 2 aromatic carbocycles. The summed E-state index contributed by atoms with van der Waals surface area (Å²) in [6.45, 7) is 1.88. The van der Waals surface area contributed by atoms with Crippen molar-refractivity contribution in [2.24, 2.45) is 5.73 Å². The van der Waals surface area contributed by atoms with Crippen LogP contribution in [0.5, 0.6) is 5.75 Å². The van der Waals surface area contributed by atoms with Gasteiger partial charge in [0.15, 0.2) is 5.96 Å². The number of ether oxygens (including phenoxy) is 2. The van der Waals surface area contributed by atoms with Crippen molar-refractivity contribution >= 4 is 35.1 Å². The van der Waals surface area contributed by atoms with E-state index in [1.165, 1.54) is 0 Å². The van der Waals surface area contributed by atoms with Crippen LogP contribution in [0.15, 0.2) is 42.5 Å². The first kappa shape index (κ1) is 27.3. The third kappa shape index (κ3) is 9.63. The Morgan fingerprint density at radius 1 is 1.22 bits per heavy atom. The van der Waals surface area contributed by atoms with Crippen molar-refractivity contribution in [1.82, 2.24) is 4.90 Å². The van der Waals surface area contributed by atoms with E-state index in [2.05, 4.69) is 0 Å². The first-order valence-electron chi connectivity index (χ1n) is 8.98. The quantitative estimate of drug-likeness (QED) is 0.366. The van der Waals surface area contributed by atoms with Gasteiger partial charge >= 0.3 is 12.1 Å². The molecule has 0 bridgehead atoms. The van der Waals surface area contributed by atoms with E-state index in [-0.39, 0.29) is 5.96 Å². The van der Waals surface area contributed by atoms with Gasteiger partial charge in [-0.1, -0.05) is 47.5 Å². The average molecular weight is 496 g/mol. The van der Waals surface area contributed by atoms with E-state index in [9.17, 15) is 13.2 Å². The van der Waals surface area contributed by atoms with Gasteiger partial charge in [0.05, 0.1) is 16.7 Å². The van der Waals surface area contributed by atoms with Crippen molar-refractivity contribution in [2.75, 3.05) is 20.3 Å². The highest BCUT2D eigenvalue weighted by Crippen LogP contribution is 2.26. The Hall–Kier alpha value is -2.69. The zero-order valence-electron chi connectivity index (χ0n) is 17.0. The molecule has 0 aromatic heterocycles. The molecule has 0 heterocycles. The van der Waals surface area contributed by atoms with Gasteiger partial charge in [-0.05, 0) is 23.8 Å². The molecule has 0 saturated carbocycles. The lowest BCUT2D eigenvalue weighted by Crippen LogP contribution is -2.38. The lowest BCUT2D eigenvalue weighted by molar-refractivity contribution is -0.192. The van der Waals surface area contributed by atoms with Crippen LogP contribution in [0.2, 0.25) is 10.0 Å². The summed E-state index contributed by atoms with van der Waals surface area (Å²) in [5.74, 6) is -2.04. The van der Waals surface area contributed by atoms with Crippen LogP contribution in [0.25, 0.3) is 0 Å². The summed E-state index contributed by atoms with van der Waals surface area (Å²) in [5, 5.41) is 15.8. The molecule has 32 heavy (non-hydrogen) atoms. The van der Waals surface area contributed by atoms with Gasteiger partial charge in [-0.2, -0.15) is 13.2 Å². The fraction of sp³-hybridized carbons (Fsp3) is 0.300. The van der Waals surface area contributed by atoms with E-state index >= 15 is 0 Å². The molecule has 7 nitrogen and oxygen atoms in total. The highest BCUT2D eigenvalue weighted by atomic mass is 35.5. The number of nitrogens with zero attached hydrogens (tertiary/aromatic N) is 1. The standard InChI is InChI=1S/C18H21Cl2N3O2.C2HF3O2/c1-24-9-8-23(18(21)22)11-13-4-2-6-15(10-13)25-12-14-5-3-7-16(19)17(14)20;3-2(4,5)1(6)7/h2-7,10H,8-9,11-12H2,1H3,(H3,21,22);(H,6,7). The molecule has 176 valence electrons. The summed E-state index contributed by atoms with van der Waals surface area (Å²) < 4.78 is 42.6. The lowest BCUT2D eigenvalue weighted by atomic mass is 10.2. The molecule has 0 fully saturated rings. The summed E-state index contributed by atoms with van der Waals surface area (Å²) in [4.78, 5) is 10.6. The van der Waals surface area contributed by atoms with Crippen LogP contribution in [0, 0.1) is 5.41 Å². The van der Waals surface area contributed by atoms with Gasteiger partial charge in [-0.15, -0.1) is 0 Å². The Bertz CT molecular complexity index is 914. The Kier molecular flexibility index (Phi) is 11.1. The Morgan fingerprint density at radius 2 is 1.84 bits per heavy atom. The Labute approximate surface area is 192 Å². The average Bonchev–Trinajstić information content (AvgIpc) is 2.72. The maximum absolute atomic E-state index is 10.6. The normalized spacial score (nSPS) is 10.7. The second-order valence-electron chi connectivity index (χ2n) is 6.25. The highest BCUT2D eigenvalue weighted by molar-refractivity contribution is 6.42. The highest BCUT2D eigenvalue weighted by Gasteiger charge is 2.38. The van der Waals surface area contributed by atoms with Crippen molar-refractivity contribution < 1.29 is 32.5 Å². The van der Waals surface area contributed by atoms with Gasteiger partial charge in [-0.3, -0.25) is 5.41 Å². The molecule has 0 aliphatic heterocycles. The van der Waals surface area contributed by atoms with Crippen molar-refractivity contribution in [2.45, 2.75) is 19.3 Å². The van der Waals surface area contributed by atoms with Gasteiger partial charge in [0.25, 0.3) is 0 Å². The summed E-state index contributed by atoms with van der Waals surface area (Å²) in [7, 11) is 1.62. The number of carboxylic acids is 1. The van der Waals surface area contributed by atoms with Gasteiger partial charge in [-0.25, -0.2) is 4.79 Å². The third-order valence-corrected chi connectivity index (χ3v) is 4.70. The molecule has 0 unspecified atom stereocenters. The molecule has 0 amide bonds. The van der Waals surface area contributed by atoms with Crippen LogP contribution in [-0.2, 0) is 22.7 Å². The van der Waals surface area contributed by atoms with E-state index in [0.29, 0.717) is 42.1 Å². The summed E-state index contributed by atoms with van der Waals surface area (Å²) in [6, 6.07) is 13.1. The summed E-state index contributed by atoms with van der Waals surface area (Å²) in [6.07, 6.45) is -5.08. The minimum absolute atomic E-state index is 0.00841. The maximum Gasteiger partial charge on any atom is 0.490 e. The third-order valence-electron chi connectivity index (χ3n) is 3.85. The van der Waals surface area contributed by atoms with Crippen molar-refractivity contribution in [3.05, 3.63) is 63.6 Å². The predicted octanol–water partition coefficient (Wildman–Crippen LogP) is 4.55. The molecule has 12 heteroatoms. The largest absolute Gasteiger partial charge is 0.490 e. The van der Waals surface area contributed by atoms with E-state index < -0.39 is 12.1 Å². The first-order chi connectivity index (χ1) is 15.0. The minimum atomic E-state index is -5.08. The molecule has 0 aliphatic carbocycles. The predicted molar refractivity (Wildman–Crippen MR) is 115 cm³/mol. The van der Waals surface area contributed by atoms with E-state index in [1.54, 1.807) is 18.1 Å². The molecular formula is C20H22Cl2F3N3O4. The second-order valence-corrected chi connectivity index (χ2v) is 7.04. The van der Waals surface area contributed by atoms with Crippen LogP contribution in [0.1, 0.15) is 11.1 Å². The number of carboxylic acid groups (broad SMARTS) is 1. The van der Waals surface area contributed by atoms with E-state index in [0.717, 1.165) is 11.1 Å². The molecule has 2 aromatic rings. The number of guanidine groups is 1. The molecule has 0 radical (unpaired) electrons. The topological polar surface area (TPSA) is 109 Å². The number of nitrogens with two attached hydrogens (primary N) is 1. The molecule has 0 aliphatic rings. The zero-order chi connectivity index (χ0) is 24.3. The number of alkyl halides is 3. The van der Waals surface area contributed by atoms with Crippen LogP contribution in [0.3, 0.4) is 0 Å². The SMILES string of the molecule is COCCN(Cc1cccc(OCc2cccc(Cl)c2Cl)c1)C(=N)N.O=C(O)C(F)(F)F. The number of halogens is 5. The van der Waals surface area contributed by atoms with Crippen molar-refractivity contribution in [3.8, 4) is 5.75 Å². The number of carbonyl (C=O) groups is 1. The fourth-order valence-corrected chi connectivity index (χ4v) is 2.64. The number of benzene rings is 2. The van der Waals surface area contributed by atoms with Gasteiger partial charge in [0.2, 0.25) is 0 Å². The minimum Gasteiger partial charge on any atom is -0.489 e. The first-order valence-corrected chi connectivity index (χ1v) is 9.74. The van der Waals surface area contributed by atoms with Crippen molar-refractivity contribution in [3.63, 3.8) is 0 Å². The zero-order valence-corrected chi connectivity index (χ0v) is 18.5. The summed E-state index contributed by atoms with van der Waals surface area (Å²) in [5.41, 5.74) is 7.44. The van der Waals surface area contributed by atoms with Crippen LogP contribution in [0.4, 0.5) is 13.2 Å². The number of aliphatic carboxylic acids is 1. The van der Waals surface area contributed by atoms with Gasteiger partial charge in [0, 0.05) is 25.8 Å². The van der Waals surface area contributed by atoms with Crippen molar-refractivity contribution in [1.29, 1.82) is 5.41 Å². The van der Waals surface area contributed by atoms with E-state index in [4.69, 9.17) is 53.7 Å². The number of methoxy groups -OCH3 is 1. The molecule has 0 atom stereocenters. The van der Waals surface area contributed by atoms with Crippen LogP contribution >= 0.6 is 23.2 Å². The fourth-order valence-electron chi connectivity index (χ4n) is 2.26. The van der Waals surface area contributed by atoms with Gasteiger partial charge in [0.1, 0.15) is 12.4 Å². The molecule has 2 rings (SSSR count). The lowest BCUT2D eigenvalue weighted by Gasteiger charge is -2.22. The number of hydrogen-bond acceptors (Lipinski definition) is 4. The number of rotatable bonds is 8. The van der Waals surface area contributed by atoms with Crippen LogP contribution < -0.4 is 10.5 Å². The molecule has 0 spiro atoms. The Balaban J connectivity index is 0.000000633. The maximum atomic E-state index is 10.6. The van der Waals surface area contributed by atoms with Gasteiger partial charge < -0.3 is 25.2 Å². The molecule has 0 saturated heterocycles. The monoisotopic (exact) mass is 495 g/mol. The smallest absolute Gasteiger partial charge is 0.489 e.